The fourth-order valence-corrected chi connectivity index (χ4v) is 1.99. The predicted octanol–water partition coefficient (Wildman–Crippen LogP) is 3.00. The van der Waals surface area contributed by atoms with Crippen molar-refractivity contribution in [2.45, 2.75) is 38.6 Å². The maximum absolute atomic E-state index is 11.9. The van der Waals surface area contributed by atoms with Gasteiger partial charge in [0, 0.05) is 0 Å². The normalized spacial score (nSPS) is 16.3. The number of allylic oxidation sites excluding steroid dienone is 2. The Morgan fingerprint density at radius 1 is 1.52 bits per heavy atom. The van der Waals surface area contributed by atoms with Crippen molar-refractivity contribution < 1.29 is 23.8 Å². The number of aromatic carboxylic acids is 1. The van der Waals surface area contributed by atoms with E-state index >= 15 is 0 Å². The van der Waals surface area contributed by atoms with E-state index in [4.69, 9.17) is 14.3 Å². The van der Waals surface area contributed by atoms with Gasteiger partial charge in [-0.2, -0.15) is 0 Å². The summed E-state index contributed by atoms with van der Waals surface area (Å²) in [6, 6.07) is 0. The molecule has 1 aliphatic rings. The Labute approximate surface area is 134 Å². The molecule has 1 aliphatic carbocycles. The smallest absolute Gasteiger partial charge is 0.408 e. The van der Waals surface area contributed by atoms with Crippen LogP contribution in [0.5, 0.6) is 0 Å². The molecule has 1 saturated carbocycles. The quantitative estimate of drug-likeness (QED) is 0.749. The molecule has 23 heavy (non-hydrogen) atoms. The molecule has 1 aromatic rings. The minimum atomic E-state index is -1.17. The van der Waals surface area contributed by atoms with Crippen LogP contribution in [0.3, 0.4) is 0 Å². The molecule has 0 saturated heterocycles. The lowest BCUT2D eigenvalue weighted by molar-refractivity contribution is 0.0690. The van der Waals surface area contributed by atoms with Gasteiger partial charge in [0.25, 0.3) is 0 Å². The van der Waals surface area contributed by atoms with Crippen molar-refractivity contribution in [3.63, 3.8) is 0 Å². The lowest BCUT2D eigenvalue weighted by Crippen LogP contribution is -2.35. The molecule has 0 bridgehead atoms. The highest BCUT2D eigenvalue weighted by Crippen LogP contribution is 2.45. The number of nitrogens with zero attached hydrogens (tertiary/aromatic N) is 1. The number of amides is 1. The molecule has 2 rings (SSSR count). The van der Waals surface area contributed by atoms with E-state index in [1.807, 2.05) is 32.1 Å². The summed E-state index contributed by atoms with van der Waals surface area (Å²) in [4.78, 5) is 26.7. The number of oxazole rings is 1. The minimum absolute atomic E-state index is 0.168. The average Bonchev–Trinajstić information content (AvgIpc) is 3.12. The maximum atomic E-state index is 11.9. The molecule has 0 spiro atoms. The van der Waals surface area contributed by atoms with Crippen LogP contribution in [0.25, 0.3) is 0 Å². The van der Waals surface area contributed by atoms with E-state index < -0.39 is 17.6 Å². The molecule has 1 aromatic heterocycles. The summed E-state index contributed by atoms with van der Waals surface area (Å²) in [5, 5.41) is 11.6. The Hall–Kier alpha value is -2.57. The molecule has 1 heterocycles. The second-order valence-electron chi connectivity index (χ2n) is 5.30. The molecule has 1 fully saturated rings. The summed E-state index contributed by atoms with van der Waals surface area (Å²) < 4.78 is 10.4. The zero-order valence-electron chi connectivity index (χ0n) is 13.2. The van der Waals surface area contributed by atoms with Crippen LogP contribution in [0.2, 0.25) is 0 Å². The van der Waals surface area contributed by atoms with Crippen molar-refractivity contribution in [2.24, 2.45) is 0 Å². The number of aromatic nitrogens is 1. The number of carboxylic acid groups (broad SMARTS) is 1. The largest absolute Gasteiger partial charge is 0.476 e. The van der Waals surface area contributed by atoms with Crippen LogP contribution in [-0.2, 0) is 10.3 Å². The highest BCUT2D eigenvalue weighted by molar-refractivity contribution is 5.84. The maximum Gasteiger partial charge on any atom is 0.408 e. The summed E-state index contributed by atoms with van der Waals surface area (Å²) in [5.41, 5.74) is -0.0291. The molecular formula is C16H20N2O5. The van der Waals surface area contributed by atoms with Gasteiger partial charge in [0.15, 0.2) is 5.69 Å². The Kier molecular flexibility index (Phi) is 5.20. The highest BCUT2D eigenvalue weighted by atomic mass is 16.5. The van der Waals surface area contributed by atoms with Gasteiger partial charge in [0.1, 0.15) is 18.4 Å². The van der Waals surface area contributed by atoms with Crippen molar-refractivity contribution >= 4 is 12.1 Å². The topological polar surface area (TPSA) is 102 Å². The molecule has 2 N–H and O–H groups in total. The molecule has 1 amide bonds. The zero-order valence-corrected chi connectivity index (χ0v) is 13.2. The molecule has 7 heteroatoms. The van der Waals surface area contributed by atoms with E-state index in [0.29, 0.717) is 12.8 Å². The van der Waals surface area contributed by atoms with Crippen LogP contribution in [0.1, 0.15) is 49.5 Å². The monoisotopic (exact) mass is 320 g/mol. The first kappa shape index (κ1) is 16.8. The van der Waals surface area contributed by atoms with Gasteiger partial charge in [-0.05, 0) is 31.8 Å². The van der Waals surface area contributed by atoms with Gasteiger partial charge in [0.05, 0.1) is 0 Å². The van der Waals surface area contributed by atoms with Crippen LogP contribution in [0, 0.1) is 0 Å². The van der Waals surface area contributed by atoms with Gasteiger partial charge < -0.3 is 19.6 Å². The van der Waals surface area contributed by atoms with E-state index in [1.165, 1.54) is 0 Å². The van der Waals surface area contributed by atoms with E-state index in [0.717, 1.165) is 18.3 Å². The molecular weight excluding hydrogens is 300 g/mol. The standard InChI is InChI=1S/C16H20N2O5/c1-3-5-6-11(4-2)9-23-15(21)18-16(7-8-16)14-17-12(10-22-14)13(19)20/h4-6,10H,3,7-9H2,1-2H3,(H,18,21)(H,19,20)/b6-5-,11-4+. The highest BCUT2D eigenvalue weighted by Gasteiger charge is 2.51. The van der Waals surface area contributed by atoms with Gasteiger partial charge in [-0.3, -0.25) is 0 Å². The van der Waals surface area contributed by atoms with E-state index in [1.54, 1.807) is 0 Å². The van der Waals surface area contributed by atoms with Crippen molar-refractivity contribution in [1.82, 2.24) is 10.3 Å². The lowest BCUT2D eigenvalue weighted by Gasteiger charge is -2.14. The number of carbonyl (C=O) groups excluding carboxylic acids is 1. The number of hydrogen-bond acceptors (Lipinski definition) is 5. The number of alkyl carbamates (subject to hydrolysis) is 1. The fourth-order valence-electron chi connectivity index (χ4n) is 1.99. The van der Waals surface area contributed by atoms with Crippen LogP contribution in [0.15, 0.2) is 34.5 Å². The molecule has 124 valence electrons. The van der Waals surface area contributed by atoms with Crippen molar-refractivity contribution in [1.29, 1.82) is 0 Å². The van der Waals surface area contributed by atoms with Gasteiger partial charge in [-0.1, -0.05) is 25.2 Å². The fraction of sp³-hybridized carbons (Fsp3) is 0.438. The van der Waals surface area contributed by atoms with Crippen molar-refractivity contribution in [2.75, 3.05) is 6.61 Å². The van der Waals surface area contributed by atoms with E-state index in [2.05, 4.69) is 10.3 Å². The summed E-state index contributed by atoms with van der Waals surface area (Å²) in [6.07, 6.45) is 8.43. The first-order chi connectivity index (χ1) is 11.0. The first-order valence-corrected chi connectivity index (χ1v) is 7.46. The Bertz CT molecular complexity index is 641. The summed E-state index contributed by atoms with van der Waals surface area (Å²) >= 11 is 0. The zero-order chi connectivity index (χ0) is 16.9. The van der Waals surface area contributed by atoms with Crippen LogP contribution < -0.4 is 5.32 Å². The average molecular weight is 320 g/mol. The van der Waals surface area contributed by atoms with Crippen LogP contribution in [0.4, 0.5) is 4.79 Å². The Morgan fingerprint density at radius 3 is 2.78 bits per heavy atom. The summed E-state index contributed by atoms with van der Waals surface area (Å²) in [5.74, 6) is -0.970. The van der Waals surface area contributed by atoms with Gasteiger partial charge in [-0.15, -0.1) is 0 Å². The van der Waals surface area contributed by atoms with E-state index in [-0.39, 0.29) is 18.2 Å². The number of carboxylic acids is 1. The molecule has 0 aliphatic heterocycles. The summed E-state index contributed by atoms with van der Waals surface area (Å²) in [7, 11) is 0. The number of carbonyl (C=O) groups is 2. The SMILES string of the molecule is C/C=C(\C=C/CC)COC(=O)NC1(c2nc(C(=O)O)co2)CC1. The van der Waals surface area contributed by atoms with Crippen LogP contribution >= 0.6 is 0 Å². The van der Waals surface area contributed by atoms with Gasteiger partial charge in [-0.25, -0.2) is 14.6 Å². The lowest BCUT2D eigenvalue weighted by atomic mass is 10.2. The van der Waals surface area contributed by atoms with Crippen LogP contribution in [-0.4, -0.2) is 28.8 Å². The Balaban J connectivity index is 1.91. The number of hydrogen-bond donors (Lipinski definition) is 2. The third kappa shape index (κ3) is 4.21. The number of ether oxygens (including phenoxy) is 1. The number of nitrogens with one attached hydrogen (secondary N) is 1. The molecule has 0 atom stereocenters. The molecule has 0 radical (unpaired) electrons. The molecule has 7 nitrogen and oxygen atoms in total. The summed E-state index contributed by atoms with van der Waals surface area (Å²) in [6.45, 7) is 4.07. The van der Waals surface area contributed by atoms with Gasteiger partial charge >= 0.3 is 12.1 Å². The first-order valence-electron chi connectivity index (χ1n) is 7.46. The van der Waals surface area contributed by atoms with Gasteiger partial charge in [0.2, 0.25) is 5.89 Å². The van der Waals surface area contributed by atoms with Crippen molar-refractivity contribution in [3.05, 3.63) is 41.6 Å². The third-order valence-electron chi connectivity index (χ3n) is 3.53. The third-order valence-corrected chi connectivity index (χ3v) is 3.53. The number of rotatable bonds is 7. The minimum Gasteiger partial charge on any atom is -0.476 e. The molecule has 0 unspecified atom stereocenters. The molecule has 0 aromatic carbocycles. The second-order valence-corrected chi connectivity index (χ2v) is 5.30. The van der Waals surface area contributed by atoms with Crippen molar-refractivity contribution in [3.8, 4) is 0 Å². The Morgan fingerprint density at radius 2 is 2.26 bits per heavy atom. The predicted molar refractivity (Wildman–Crippen MR) is 82.0 cm³/mol. The second kappa shape index (κ2) is 7.13. The van der Waals surface area contributed by atoms with E-state index in [9.17, 15) is 9.59 Å².